The van der Waals surface area contributed by atoms with Crippen LogP contribution in [0.1, 0.15) is 15.9 Å². The van der Waals surface area contributed by atoms with Crippen molar-refractivity contribution in [2.45, 2.75) is 6.92 Å². The number of fused-ring (bicyclic) bond motifs is 1. The van der Waals surface area contributed by atoms with Gasteiger partial charge in [-0.1, -0.05) is 0 Å². The summed E-state index contributed by atoms with van der Waals surface area (Å²) in [5, 5.41) is 2.89. The number of rotatable bonds is 2. The van der Waals surface area contributed by atoms with Crippen molar-refractivity contribution in [3.8, 4) is 5.75 Å². The van der Waals surface area contributed by atoms with E-state index in [0.717, 1.165) is 33.2 Å². The number of hydrogen-bond donors (Lipinski definition) is 0. The van der Waals surface area contributed by atoms with E-state index in [0.29, 0.717) is 0 Å². The van der Waals surface area contributed by atoms with Crippen molar-refractivity contribution < 1.29 is 9.53 Å². The van der Waals surface area contributed by atoms with E-state index in [1.165, 1.54) is 0 Å². The molecule has 3 heteroatoms. The third-order valence-electron chi connectivity index (χ3n) is 2.25. The Bertz CT molecular complexity index is 485. The van der Waals surface area contributed by atoms with Crippen LogP contribution < -0.4 is 4.74 Å². The van der Waals surface area contributed by atoms with Crippen molar-refractivity contribution in [1.29, 1.82) is 0 Å². The van der Waals surface area contributed by atoms with Gasteiger partial charge in [0.1, 0.15) is 5.75 Å². The van der Waals surface area contributed by atoms with Gasteiger partial charge in [0.2, 0.25) is 0 Å². The van der Waals surface area contributed by atoms with Crippen LogP contribution in [0.3, 0.4) is 0 Å². The summed E-state index contributed by atoms with van der Waals surface area (Å²) in [5.74, 6) is 0.872. The van der Waals surface area contributed by atoms with Crippen LogP contribution in [-0.4, -0.2) is 13.4 Å². The van der Waals surface area contributed by atoms with Crippen LogP contribution in [-0.2, 0) is 0 Å². The minimum atomic E-state index is 0.760. The van der Waals surface area contributed by atoms with Gasteiger partial charge in [-0.05, 0) is 24.6 Å². The zero-order valence-electron chi connectivity index (χ0n) is 8.03. The predicted molar refractivity (Wildman–Crippen MR) is 58.5 cm³/mol. The Morgan fingerprint density at radius 2 is 2.21 bits per heavy atom. The van der Waals surface area contributed by atoms with E-state index >= 15 is 0 Å². The first-order valence-corrected chi connectivity index (χ1v) is 5.15. The Kier molecular flexibility index (Phi) is 2.25. The zero-order valence-corrected chi connectivity index (χ0v) is 8.85. The number of ether oxygens (including phenoxy) is 1. The minimum Gasteiger partial charge on any atom is -0.496 e. The maximum atomic E-state index is 10.7. The first-order chi connectivity index (χ1) is 6.76. The van der Waals surface area contributed by atoms with E-state index in [1.54, 1.807) is 18.4 Å². The second-order valence-corrected chi connectivity index (χ2v) is 4.04. The first-order valence-electron chi connectivity index (χ1n) is 4.27. The largest absolute Gasteiger partial charge is 0.496 e. The fourth-order valence-electron chi connectivity index (χ4n) is 1.49. The quantitative estimate of drug-likeness (QED) is 0.706. The van der Waals surface area contributed by atoms with E-state index < -0.39 is 0 Å². The van der Waals surface area contributed by atoms with Crippen molar-refractivity contribution >= 4 is 27.7 Å². The standard InChI is InChI=1S/C11H10O2S/c1-7-3-9-8(5-12)6-14-11(9)4-10(7)13-2/h3-6H,1-2H3. The lowest BCUT2D eigenvalue weighted by Gasteiger charge is -2.03. The zero-order chi connectivity index (χ0) is 10.1. The summed E-state index contributed by atoms with van der Waals surface area (Å²) < 4.78 is 6.31. The molecule has 0 amide bonds. The number of thiophene rings is 1. The van der Waals surface area contributed by atoms with Gasteiger partial charge in [-0.3, -0.25) is 4.79 Å². The van der Waals surface area contributed by atoms with Crippen LogP contribution in [0.5, 0.6) is 5.75 Å². The van der Waals surface area contributed by atoms with Gasteiger partial charge < -0.3 is 4.74 Å². The highest BCUT2D eigenvalue weighted by Crippen LogP contribution is 2.31. The molecular formula is C11H10O2S. The van der Waals surface area contributed by atoms with Crippen LogP contribution in [0.2, 0.25) is 0 Å². The molecule has 0 N–H and O–H groups in total. The molecule has 0 unspecified atom stereocenters. The van der Waals surface area contributed by atoms with Crippen LogP contribution >= 0.6 is 11.3 Å². The summed E-state index contributed by atoms with van der Waals surface area (Å²) in [6.07, 6.45) is 0.894. The molecule has 72 valence electrons. The van der Waals surface area contributed by atoms with E-state index in [4.69, 9.17) is 4.74 Å². The Morgan fingerprint density at radius 1 is 1.43 bits per heavy atom. The molecule has 2 rings (SSSR count). The number of aldehydes is 1. The van der Waals surface area contributed by atoms with E-state index in [-0.39, 0.29) is 0 Å². The third kappa shape index (κ3) is 1.30. The second kappa shape index (κ2) is 3.42. The molecule has 0 saturated heterocycles. The lowest BCUT2D eigenvalue weighted by atomic mass is 10.1. The molecule has 2 nitrogen and oxygen atoms in total. The van der Waals surface area contributed by atoms with Crippen molar-refractivity contribution in [3.05, 3.63) is 28.6 Å². The summed E-state index contributed by atoms with van der Waals surface area (Å²) in [4.78, 5) is 10.7. The first kappa shape index (κ1) is 9.21. The smallest absolute Gasteiger partial charge is 0.151 e. The number of benzene rings is 1. The summed E-state index contributed by atoms with van der Waals surface area (Å²) in [6, 6.07) is 3.97. The molecule has 0 aliphatic heterocycles. The highest BCUT2D eigenvalue weighted by Gasteiger charge is 2.06. The molecule has 0 spiro atoms. The summed E-state index contributed by atoms with van der Waals surface area (Å²) in [6.45, 7) is 1.98. The number of methoxy groups -OCH3 is 1. The van der Waals surface area contributed by atoms with Crippen molar-refractivity contribution in [1.82, 2.24) is 0 Å². The highest BCUT2D eigenvalue weighted by molar-refractivity contribution is 7.17. The van der Waals surface area contributed by atoms with Gasteiger partial charge in [0.05, 0.1) is 7.11 Å². The Labute approximate surface area is 86.1 Å². The fraction of sp³-hybridized carbons (Fsp3) is 0.182. The molecule has 1 heterocycles. The van der Waals surface area contributed by atoms with Gasteiger partial charge in [-0.2, -0.15) is 0 Å². The van der Waals surface area contributed by atoms with Crippen LogP contribution in [0.15, 0.2) is 17.5 Å². The molecule has 1 aromatic heterocycles. The van der Waals surface area contributed by atoms with Crippen LogP contribution in [0.4, 0.5) is 0 Å². The molecule has 0 saturated carbocycles. The monoisotopic (exact) mass is 206 g/mol. The normalized spacial score (nSPS) is 10.4. The number of aryl methyl sites for hydroxylation is 1. The lowest BCUT2D eigenvalue weighted by Crippen LogP contribution is -1.86. The van der Waals surface area contributed by atoms with Crippen molar-refractivity contribution in [2.75, 3.05) is 7.11 Å². The molecule has 0 aliphatic carbocycles. The average molecular weight is 206 g/mol. The lowest BCUT2D eigenvalue weighted by molar-refractivity contribution is 0.112. The van der Waals surface area contributed by atoms with E-state index in [1.807, 2.05) is 24.4 Å². The maximum Gasteiger partial charge on any atom is 0.151 e. The molecule has 0 atom stereocenters. The molecule has 14 heavy (non-hydrogen) atoms. The van der Waals surface area contributed by atoms with Gasteiger partial charge in [-0.25, -0.2) is 0 Å². The molecule has 0 bridgehead atoms. The Hall–Kier alpha value is -1.35. The molecular weight excluding hydrogens is 196 g/mol. The van der Waals surface area contributed by atoms with Crippen molar-refractivity contribution in [2.24, 2.45) is 0 Å². The van der Waals surface area contributed by atoms with Gasteiger partial charge in [0.25, 0.3) is 0 Å². The van der Waals surface area contributed by atoms with Crippen LogP contribution in [0.25, 0.3) is 10.1 Å². The molecule has 2 aromatic rings. The highest BCUT2D eigenvalue weighted by atomic mass is 32.1. The van der Waals surface area contributed by atoms with Crippen LogP contribution in [0, 0.1) is 6.92 Å². The maximum absolute atomic E-state index is 10.7. The third-order valence-corrected chi connectivity index (χ3v) is 3.21. The predicted octanol–water partition coefficient (Wildman–Crippen LogP) is 3.03. The average Bonchev–Trinajstić information content (AvgIpc) is 2.58. The molecule has 0 fully saturated rings. The van der Waals surface area contributed by atoms with Gasteiger partial charge in [-0.15, -0.1) is 11.3 Å². The van der Waals surface area contributed by atoms with Gasteiger partial charge in [0.15, 0.2) is 6.29 Å². The molecule has 1 aromatic carbocycles. The number of carbonyl (C=O) groups excluding carboxylic acids is 1. The number of hydrogen-bond acceptors (Lipinski definition) is 3. The fourth-order valence-corrected chi connectivity index (χ4v) is 2.41. The van der Waals surface area contributed by atoms with Gasteiger partial charge >= 0.3 is 0 Å². The Morgan fingerprint density at radius 3 is 2.86 bits per heavy atom. The van der Waals surface area contributed by atoms with E-state index in [9.17, 15) is 4.79 Å². The Balaban J connectivity index is 2.75. The molecule has 0 radical (unpaired) electrons. The minimum absolute atomic E-state index is 0.760. The summed E-state index contributed by atoms with van der Waals surface area (Å²) >= 11 is 1.57. The summed E-state index contributed by atoms with van der Waals surface area (Å²) in [7, 11) is 1.66. The molecule has 0 aliphatic rings. The second-order valence-electron chi connectivity index (χ2n) is 3.13. The summed E-state index contributed by atoms with van der Waals surface area (Å²) in [5.41, 5.74) is 1.82. The number of carbonyl (C=O) groups is 1. The van der Waals surface area contributed by atoms with Gasteiger partial charge in [0, 0.05) is 21.0 Å². The topological polar surface area (TPSA) is 26.3 Å². The SMILES string of the molecule is COc1cc2scc(C=O)c2cc1C. The van der Waals surface area contributed by atoms with Crippen molar-refractivity contribution in [3.63, 3.8) is 0 Å². The van der Waals surface area contributed by atoms with E-state index in [2.05, 4.69) is 0 Å².